The lowest BCUT2D eigenvalue weighted by atomic mass is 10.1. The normalized spacial score (nSPS) is 11.8. The average molecular weight is 324 g/mol. The van der Waals surface area contributed by atoms with E-state index in [1.165, 1.54) is 18.2 Å². The van der Waals surface area contributed by atoms with Crippen molar-refractivity contribution in [3.05, 3.63) is 64.9 Å². The number of ether oxygens (including phenoxy) is 1. The lowest BCUT2D eigenvalue weighted by Crippen LogP contribution is -2.34. The molecule has 0 saturated carbocycles. The van der Waals surface area contributed by atoms with Gasteiger partial charge in [-0.25, -0.2) is 4.39 Å². The minimum Gasteiger partial charge on any atom is -0.481 e. The Morgan fingerprint density at radius 2 is 1.91 bits per heavy atom. The van der Waals surface area contributed by atoms with Crippen LogP contribution in [-0.4, -0.2) is 24.2 Å². The van der Waals surface area contributed by atoms with Crippen LogP contribution in [0.2, 0.25) is 5.02 Å². The molecule has 6 heteroatoms. The molecule has 2 aromatic carbocycles. The summed E-state index contributed by atoms with van der Waals surface area (Å²) in [4.78, 5) is 11.8. The fraction of sp³-hybridized carbons (Fsp3) is 0.188. The van der Waals surface area contributed by atoms with Crippen LogP contribution in [0.4, 0.5) is 4.39 Å². The van der Waals surface area contributed by atoms with Crippen molar-refractivity contribution in [1.29, 1.82) is 0 Å². The largest absolute Gasteiger partial charge is 0.481 e. The number of para-hydroxylation sites is 1. The Labute approximate surface area is 132 Å². The summed E-state index contributed by atoms with van der Waals surface area (Å²) in [6, 6.07) is 12.0. The number of benzene rings is 2. The molecule has 22 heavy (non-hydrogen) atoms. The van der Waals surface area contributed by atoms with Gasteiger partial charge in [-0.1, -0.05) is 35.9 Å². The second-order valence-electron chi connectivity index (χ2n) is 4.57. The predicted octanol–water partition coefficient (Wildman–Crippen LogP) is 2.71. The second-order valence-corrected chi connectivity index (χ2v) is 5.01. The molecule has 1 amide bonds. The molecule has 2 aromatic rings. The van der Waals surface area contributed by atoms with Crippen LogP contribution in [-0.2, 0) is 4.79 Å². The van der Waals surface area contributed by atoms with Gasteiger partial charge < -0.3 is 15.2 Å². The van der Waals surface area contributed by atoms with Gasteiger partial charge in [0.15, 0.2) is 18.2 Å². The van der Waals surface area contributed by atoms with Crippen LogP contribution >= 0.6 is 11.6 Å². The Hall–Kier alpha value is -2.11. The molecule has 0 fully saturated rings. The van der Waals surface area contributed by atoms with Gasteiger partial charge >= 0.3 is 0 Å². The minimum absolute atomic E-state index is 0.00434. The lowest BCUT2D eigenvalue weighted by molar-refractivity contribution is -0.124. The summed E-state index contributed by atoms with van der Waals surface area (Å²) < 4.78 is 18.5. The molecule has 116 valence electrons. The first-order chi connectivity index (χ1) is 10.6. The zero-order chi connectivity index (χ0) is 15.9. The zero-order valence-electron chi connectivity index (χ0n) is 11.6. The van der Waals surface area contributed by atoms with Crippen molar-refractivity contribution in [3.8, 4) is 5.75 Å². The van der Waals surface area contributed by atoms with Gasteiger partial charge in [-0.05, 0) is 29.8 Å². The van der Waals surface area contributed by atoms with Crippen LogP contribution in [0.25, 0.3) is 0 Å². The molecule has 1 atom stereocenters. The van der Waals surface area contributed by atoms with Gasteiger partial charge in [0, 0.05) is 5.02 Å². The molecule has 0 heterocycles. The maximum Gasteiger partial charge on any atom is 0.258 e. The Morgan fingerprint density at radius 1 is 1.23 bits per heavy atom. The summed E-state index contributed by atoms with van der Waals surface area (Å²) >= 11 is 5.79. The van der Waals surface area contributed by atoms with E-state index in [-0.39, 0.29) is 19.0 Å². The number of hydrogen-bond acceptors (Lipinski definition) is 3. The highest BCUT2D eigenvalue weighted by Crippen LogP contribution is 2.17. The van der Waals surface area contributed by atoms with Crippen LogP contribution in [0.15, 0.2) is 48.5 Å². The molecule has 0 bridgehead atoms. The molecule has 0 spiro atoms. The van der Waals surface area contributed by atoms with Crippen LogP contribution in [0.1, 0.15) is 11.6 Å². The van der Waals surface area contributed by atoms with E-state index in [2.05, 4.69) is 5.32 Å². The van der Waals surface area contributed by atoms with E-state index in [4.69, 9.17) is 16.3 Å². The molecular formula is C16H15ClFNO3. The molecule has 2 rings (SSSR count). The highest BCUT2D eigenvalue weighted by atomic mass is 35.5. The number of aliphatic hydroxyl groups excluding tert-OH is 1. The van der Waals surface area contributed by atoms with Gasteiger partial charge in [-0.2, -0.15) is 0 Å². The Balaban J connectivity index is 1.92. The summed E-state index contributed by atoms with van der Waals surface area (Å²) in [5.74, 6) is -0.992. The van der Waals surface area contributed by atoms with Crippen molar-refractivity contribution < 1.29 is 19.0 Å². The van der Waals surface area contributed by atoms with E-state index in [9.17, 15) is 14.3 Å². The molecule has 4 nitrogen and oxygen atoms in total. The summed E-state index contributed by atoms with van der Waals surface area (Å²) in [6.07, 6.45) is 0. The summed E-state index contributed by atoms with van der Waals surface area (Å²) in [7, 11) is 0. The summed E-state index contributed by atoms with van der Waals surface area (Å²) in [5, 5.41) is 12.6. The number of carbonyl (C=O) groups is 1. The number of nitrogens with one attached hydrogen (secondary N) is 1. The highest BCUT2D eigenvalue weighted by molar-refractivity contribution is 6.30. The fourth-order valence-electron chi connectivity index (χ4n) is 1.87. The van der Waals surface area contributed by atoms with E-state index in [1.807, 2.05) is 0 Å². The first-order valence-corrected chi connectivity index (χ1v) is 7.01. The zero-order valence-corrected chi connectivity index (χ0v) is 12.4. The smallest absolute Gasteiger partial charge is 0.258 e. The standard InChI is InChI=1S/C16H15ClFNO3/c17-12-7-5-11(6-8-12)14(9-20)19-16(21)10-22-15-4-2-1-3-13(15)18/h1-8,14,20H,9-10H2,(H,19,21). The number of halogens is 2. The molecule has 0 radical (unpaired) electrons. The third kappa shape index (κ3) is 4.44. The number of aliphatic hydroxyl groups is 1. The Morgan fingerprint density at radius 3 is 2.55 bits per heavy atom. The summed E-state index contributed by atoms with van der Waals surface area (Å²) in [5.41, 5.74) is 0.714. The van der Waals surface area contributed by atoms with Crippen molar-refractivity contribution in [2.45, 2.75) is 6.04 Å². The van der Waals surface area contributed by atoms with E-state index in [1.54, 1.807) is 30.3 Å². The molecule has 0 saturated heterocycles. The number of carbonyl (C=O) groups excluding carboxylic acids is 1. The monoisotopic (exact) mass is 323 g/mol. The van der Waals surface area contributed by atoms with Crippen molar-refractivity contribution in [3.63, 3.8) is 0 Å². The number of rotatable bonds is 6. The topological polar surface area (TPSA) is 58.6 Å². The SMILES string of the molecule is O=C(COc1ccccc1F)NC(CO)c1ccc(Cl)cc1. The minimum atomic E-state index is -0.575. The maximum atomic E-state index is 13.4. The molecule has 0 aliphatic heterocycles. The second kappa shape index (κ2) is 7.77. The number of hydrogen-bond donors (Lipinski definition) is 2. The Bertz CT molecular complexity index is 634. The fourth-order valence-corrected chi connectivity index (χ4v) is 2.00. The van der Waals surface area contributed by atoms with Crippen molar-refractivity contribution >= 4 is 17.5 Å². The van der Waals surface area contributed by atoms with Crippen molar-refractivity contribution in [1.82, 2.24) is 5.32 Å². The van der Waals surface area contributed by atoms with Crippen LogP contribution in [0.5, 0.6) is 5.75 Å². The lowest BCUT2D eigenvalue weighted by Gasteiger charge is -2.17. The van der Waals surface area contributed by atoms with E-state index >= 15 is 0 Å². The first kappa shape index (κ1) is 16.3. The molecular weight excluding hydrogens is 309 g/mol. The third-order valence-corrected chi connectivity index (χ3v) is 3.24. The van der Waals surface area contributed by atoms with Gasteiger partial charge in [-0.3, -0.25) is 4.79 Å². The van der Waals surface area contributed by atoms with Crippen LogP contribution in [0, 0.1) is 5.82 Å². The predicted molar refractivity (Wildman–Crippen MR) is 81.3 cm³/mol. The third-order valence-electron chi connectivity index (χ3n) is 2.99. The molecule has 0 aliphatic rings. The molecule has 2 N–H and O–H groups in total. The molecule has 0 aliphatic carbocycles. The average Bonchev–Trinajstić information content (AvgIpc) is 2.53. The molecule has 1 unspecified atom stereocenters. The van der Waals surface area contributed by atoms with Crippen molar-refractivity contribution in [2.75, 3.05) is 13.2 Å². The van der Waals surface area contributed by atoms with Crippen molar-refractivity contribution in [2.24, 2.45) is 0 Å². The first-order valence-electron chi connectivity index (χ1n) is 6.63. The van der Waals surface area contributed by atoms with Gasteiger partial charge in [0.1, 0.15) is 0 Å². The van der Waals surface area contributed by atoms with Gasteiger partial charge in [0.05, 0.1) is 12.6 Å². The quantitative estimate of drug-likeness (QED) is 0.859. The highest BCUT2D eigenvalue weighted by Gasteiger charge is 2.14. The van der Waals surface area contributed by atoms with E-state index in [0.717, 1.165) is 0 Å². The van der Waals surface area contributed by atoms with E-state index in [0.29, 0.717) is 10.6 Å². The van der Waals surface area contributed by atoms with Gasteiger partial charge in [0.25, 0.3) is 5.91 Å². The van der Waals surface area contributed by atoms with Gasteiger partial charge in [-0.15, -0.1) is 0 Å². The van der Waals surface area contributed by atoms with Gasteiger partial charge in [0.2, 0.25) is 0 Å². The molecule has 0 aromatic heterocycles. The van der Waals surface area contributed by atoms with Crippen LogP contribution < -0.4 is 10.1 Å². The van der Waals surface area contributed by atoms with Crippen LogP contribution in [0.3, 0.4) is 0 Å². The van der Waals surface area contributed by atoms with E-state index < -0.39 is 17.8 Å². The number of amides is 1. The Kier molecular flexibility index (Phi) is 5.75. The summed E-state index contributed by atoms with van der Waals surface area (Å²) in [6.45, 7) is -0.613. The maximum absolute atomic E-state index is 13.4.